The highest BCUT2D eigenvalue weighted by Gasteiger charge is 1.34. The van der Waals surface area contributed by atoms with E-state index in [4.69, 9.17) is 9.37 Å². The minimum Gasteiger partial charge on any atom is -0.193 e. The van der Waals surface area contributed by atoms with Crippen molar-refractivity contribution in [2.45, 2.75) is 0 Å². The van der Waals surface area contributed by atoms with E-state index in [1.165, 1.54) is 6.07 Å². The van der Waals surface area contributed by atoms with Crippen molar-refractivity contribution in [1.29, 1.82) is 5.26 Å². The lowest BCUT2D eigenvalue weighted by Gasteiger charge is -1.31. The highest BCUT2D eigenvalue weighted by Crippen LogP contribution is 1.41. The maximum atomic E-state index is 7.77. The smallest absolute Gasteiger partial charge is 0.0905 e. The molecule has 0 spiro atoms. The molecule has 0 atom stereocenters. The third kappa shape index (κ3) is 1.23. The minimum absolute atomic E-state index is 0.597. The second-order valence-corrected chi connectivity index (χ2v) is 0.237. The van der Waals surface area contributed by atoms with Gasteiger partial charge in [0.15, 0.2) is 0 Å². The largest absolute Gasteiger partial charge is 0.193 e. The van der Waals surface area contributed by atoms with Gasteiger partial charge in [-0.25, -0.2) is 0 Å². The maximum Gasteiger partial charge on any atom is 0.0905 e. The Morgan fingerprint density at radius 2 is 3.50 bits per heavy atom. The van der Waals surface area contributed by atoms with Gasteiger partial charge in [0.25, 0.3) is 0 Å². The van der Waals surface area contributed by atoms with E-state index in [0.29, 0.717) is 0 Å². The number of nitriles is 1. The first-order chi connectivity index (χ1) is 3.18. The van der Waals surface area contributed by atoms with E-state index in [1.54, 1.807) is 0 Å². The molecule has 0 amide bonds. The molecule has 0 saturated heterocycles. The fraction of sp³-hybridized carbons (Fsp3) is 0. The summed E-state index contributed by atoms with van der Waals surface area (Å²) in [6.07, 6.45) is 0. The Balaban J connectivity index is 4.07. The molecule has 0 unspecified atom stereocenters. The molecule has 4 heavy (non-hydrogen) atoms. The number of hydrogen-bond acceptors (Lipinski definition) is 1. The van der Waals surface area contributed by atoms with Gasteiger partial charge in [-0.3, -0.25) is 0 Å². The zero-order valence-corrected chi connectivity index (χ0v) is 1.95. The van der Waals surface area contributed by atoms with Crippen molar-refractivity contribution < 1.29 is 4.11 Å². The summed E-state index contributed by atoms with van der Waals surface area (Å²) in [6.45, 7) is -0.734. The Labute approximate surface area is 29.4 Å². The number of nitrogens with zero attached hydrogens (tertiary/aromatic N) is 1. The van der Waals surface area contributed by atoms with Crippen molar-refractivity contribution in [2.24, 2.45) is 0 Å². The molecule has 0 aliphatic carbocycles. The van der Waals surface area contributed by atoms with E-state index < -0.39 is 12.6 Å². The van der Waals surface area contributed by atoms with Crippen LogP contribution in [0.5, 0.6) is 0 Å². The van der Waals surface area contributed by atoms with Crippen molar-refractivity contribution in [2.75, 3.05) is 0 Å². The average molecular weight is 56.1 g/mol. The molecule has 0 N–H and O–H groups in total. The van der Waals surface area contributed by atoms with Crippen LogP contribution in [0.2, 0.25) is 0 Å². The molecule has 0 rings (SSSR count). The molecular formula is C3H3N. The van der Waals surface area contributed by atoms with E-state index in [-0.39, 0.29) is 0 Å². The third-order valence-electron chi connectivity index (χ3n) is 0.0559. The van der Waals surface area contributed by atoms with E-state index in [9.17, 15) is 0 Å². The summed E-state index contributed by atoms with van der Waals surface area (Å²) in [5.41, 5.74) is 0. The third-order valence-corrected chi connectivity index (χ3v) is 0.0559. The van der Waals surface area contributed by atoms with Crippen LogP contribution in [0.4, 0.5) is 0 Å². The zero-order chi connectivity index (χ0) is 5.86. The van der Waals surface area contributed by atoms with E-state index >= 15 is 0 Å². The van der Waals surface area contributed by atoms with Crippen LogP contribution in [-0.2, 0) is 0 Å². The van der Waals surface area contributed by atoms with Gasteiger partial charge in [-0.15, -0.1) is 0 Å². The molecule has 1 heteroatoms. The summed E-state index contributed by atoms with van der Waals surface area (Å²) in [5, 5.41) is 7.77. The summed E-state index contributed by atoms with van der Waals surface area (Å²) >= 11 is 0. The summed E-state index contributed by atoms with van der Waals surface area (Å²) in [4.78, 5) is 0. The summed E-state index contributed by atoms with van der Waals surface area (Å²) in [6, 6.07) is 0.738. The molecule has 1 nitrogen and oxygen atoms in total. The van der Waals surface area contributed by atoms with Crippen molar-refractivity contribution in [3.63, 3.8) is 0 Å². The van der Waals surface area contributed by atoms with Gasteiger partial charge in [-0.1, -0.05) is 6.53 Å². The van der Waals surface area contributed by atoms with Crippen molar-refractivity contribution in [3.8, 4) is 6.07 Å². The lowest BCUT2D eigenvalue weighted by Crippen LogP contribution is -1.23. The summed E-state index contributed by atoms with van der Waals surface area (Å²) in [7, 11) is 0. The molecule has 0 heterocycles. The Morgan fingerprint density at radius 1 is 2.75 bits per heavy atom. The molecule has 0 bridgehead atoms. The second kappa shape index (κ2) is 2.23. The van der Waals surface area contributed by atoms with Gasteiger partial charge in [0.05, 0.1) is 10.2 Å². The Bertz CT molecular complexity index is 128. The number of rotatable bonds is 0. The molecule has 20 valence electrons. The molecule has 0 aliphatic rings. The number of hydrogen-bond donors (Lipinski definition) is 0. The van der Waals surface area contributed by atoms with Crippen LogP contribution in [0.3, 0.4) is 0 Å². The van der Waals surface area contributed by atoms with E-state index in [1.807, 2.05) is 0 Å². The molecule has 0 fully saturated rings. The minimum atomic E-state index is -0.734. The van der Waals surface area contributed by atoms with Gasteiger partial charge in [0, 0.05) is 6.05 Å². The Morgan fingerprint density at radius 3 is 3.50 bits per heavy atom. The lowest BCUT2D eigenvalue weighted by molar-refractivity contribution is 1.54. The van der Waals surface area contributed by atoms with Crippen LogP contribution in [0.25, 0.3) is 0 Å². The molecule has 0 aromatic heterocycles. The second-order valence-electron chi connectivity index (χ2n) is 0.237. The Kier molecular flexibility index (Phi) is 0.327. The summed E-state index contributed by atoms with van der Waals surface area (Å²) in [5.74, 6) is 0. The first kappa shape index (κ1) is 0.587. The maximum absolute atomic E-state index is 7.77. The molecule has 0 saturated carbocycles. The Hall–Kier alpha value is -0.770. The highest BCUT2D eigenvalue weighted by atomic mass is 14.2. The monoisotopic (exact) mass is 56.0 g/mol. The van der Waals surface area contributed by atoms with Crippen molar-refractivity contribution in [1.82, 2.24) is 0 Å². The van der Waals surface area contributed by atoms with Crippen LogP contribution < -0.4 is 0 Å². The van der Waals surface area contributed by atoms with Gasteiger partial charge in [0.1, 0.15) is 0 Å². The van der Waals surface area contributed by atoms with Crippen LogP contribution in [0.15, 0.2) is 12.6 Å². The molecule has 0 aromatic carbocycles. The molecule has 0 aliphatic heterocycles. The van der Waals surface area contributed by atoms with Crippen LogP contribution in [0.1, 0.15) is 4.11 Å². The lowest BCUT2D eigenvalue weighted by atomic mass is 10.8. The average Bonchev–Trinajstić information content (AvgIpc) is 1.65. The quantitative estimate of drug-likeness (QED) is 0.375. The van der Waals surface area contributed by atoms with Crippen molar-refractivity contribution >= 4 is 0 Å². The van der Waals surface area contributed by atoms with E-state index in [0.717, 1.165) is 0 Å². The van der Waals surface area contributed by atoms with Gasteiger partial charge in [-0.05, 0) is 0 Å². The number of allylic oxidation sites excluding steroid dienone is 1. The molecule has 0 radical (unpaired) electrons. The van der Waals surface area contributed by atoms with Crippen molar-refractivity contribution in [3.05, 3.63) is 12.6 Å². The normalized spacial score (nSPS) is 13.2. The fourth-order valence-corrected chi connectivity index (χ4v) is 0. The molecule has 0 aromatic rings. The fourth-order valence-electron chi connectivity index (χ4n) is 0. The standard InChI is InChI=1S/C3H3N/c1-2-3-4/h2H,1H2/i1D2,2D. The van der Waals surface area contributed by atoms with Crippen LogP contribution in [0, 0.1) is 11.3 Å². The van der Waals surface area contributed by atoms with Crippen LogP contribution >= 0.6 is 0 Å². The molecular weight excluding hydrogens is 50.0 g/mol. The van der Waals surface area contributed by atoms with E-state index in [2.05, 4.69) is 0 Å². The predicted octanol–water partition coefficient (Wildman–Crippen LogP) is 0.696. The predicted molar refractivity (Wildman–Crippen MR) is 15.8 cm³/mol. The van der Waals surface area contributed by atoms with Crippen LogP contribution in [-0.4, -0.2) is 0 Å². The first-order valence-electron chi connectivity index (χ1n) is 2.22. The van der Waals surface area contributed by atoms with Gasteiger partial charge in [-0.2, -0.15) is 5.26 Å². The van der Waals surface area contributed by atoms with Gasteiger partial charge in [0.2, 0.25) is 0 Å². The highest BCUT2D eigenvalue weighted by molar-refractivity contribution is 4.93. The van der Waals surface area contributed by atoms with Gasteiger partial charge >= 0.3 is 0 Å². The summed E-state index contributed by atoms with van der Waals surface area (Å²) < 4.78 is 19.1. The first-order valence-corrected chi connectivity index (χ1v) is 0.724. The zero-order valence-electron chi connectivity index (χ0n) is 4.95. The SMILES string of the molecule is [2H]C([2H])=C([2H])C#N. The van der Waals surface area contributed by atoms with Gasteiger partial charge < -0.3 is 0 Å². The topological polar surface area (TPSA) is 23.8 Å².